The molecule has 0 heterocycles. The van der Waals surface area contributed by atoms with Gasteiger partial charge in [-0.1, -0.05) is 13.3 Å². The van der Waals surface area contributed by atoms with Crippen molar-refractivity contribution in [2.75, 3.05) is 26.1 Å². The molecule has 1 N–H and O–H groups in total. The first kappa shape index (κ1) is 15.3. The van der Waals surface area contributed by atoms with Gasteiger partial charge < -0.3 is 14.6 Å². The number of unbranched alkanes of at least 4 members (excludes halogenated alkanes) is 1. The molecule has 0 saturated heterocycles. The van der Waals surface area contributed by atoms with Gasteiger partial charge in [-0.3, -0.25) is 0 Å². The maximum Gasteiger partial charge on any atom is 0.118 e. The van der Waals surface area contributed by atoms with E-state index in [1.165, 1.54) is 0 Å². The highest BCUT2D eigenvalue weighted by Crippen LogP contribution is 2.21. The van der Waals surface area contributed by atoms with Gasteiger partial charge in [0, 0.05) is 17.3 Å². The lowest BCUT2D eigenvalue weighted by Crippen LogP contribution is -2.18. The molecule has 3 nitrogen and oxygen atoms in total. The van der Waals surface area contributed by atoms with E-state index in [9.17, 15) is 5.11 Å². The van der Waals surface area contributed by atoms with E-state index in [-0.39, 0.29) is 0 Å². The lowest BCUT2D eigenvalue weighted by molar-refractivity contribution is 0.0473. The van der Waals surface area contributed by atoms with Crippen molar-refractivity contribution in [2.24, 2.45) is 0 Å². The molecule has 0 bridgehead atoms. The Morgan fingerprint density at radius 2 is 2.00 bits per heavy atom. The number of aliphatic hydroxyl groups excluding tert-OH is 1. The maximum atomic E-state index is 9.74. The SMILES string of the molecule is CCCCOCC(O)CSc1ccc(OC)cc1. The monoisotopic (exact) mass is 270 g/mol. The number of thioether (sulfide) groups is 1. The van der Waals surface area contributed by atoms with E-state index in [4.69, 9.17) is 9.47 Å². The topological polar surface area (TPSA) is 38.7 Å². The predicted molar refractivity (Wildman–Crippen MR) is 75.5 cm³/mol. The van der Waals surface area contributed by atoms with E-state index in [0.29, 0.717) is 12.4 Å². The molecule has 0 saturated carbocycles. The molecule has 18 heavy (non-hydrogen) atoms. The van der Waals surface area contributed by atoms with Crippen LogP contribution in [-0.4, -0.2) is 37.3 Å². The summed E-state index contributed by atoms with van der Waals surface area (Å²) in [6, 6.07) is 7.83. The first-order valence-corrected chi connectivity index (χ1v) is 7.27. The molecule has 102 valence electrons. The quantitative estimate of drug-likeness (QED) is 0.553. The van der Waals surface area contributed by atoms with Gasteiger partial charge in [-0.25, -0.2) is 0 Å². The number of benzene rings is 1. The van der Waals surface area contributed by atoms with Crippen molar-refractivity contribution >= 4 is 11.8 Å². The molecule has 0 aliphatic heterocycles. The second-order valence-corrected chi connectivity index (χ2v) is 5.16. The lowest BCUT2D eigenvalue weighted by Gasteiger charge is -2.11. The van der Waals surface area contributed by atoms with Crippen molar-refractivity contribution in [3.8, 4) is 5.75 Å². The molecule has 1 aromatic carbocycles. The molecule has 0 aromatic heterocycles. The molecular weight excluding hydrogens is 248 g/mol. The molecule has 1 aromatic rings. The Labute approximate surface area is 113 Å². The number of hydrogen-bond acceptors (Lipinski definition) is 4. The van der Waals surface area contributed by atoms with E-state index in [0.717, 1.165) is 30.1 Å². The van der Waals surface area contributed by atoms with Crippen molar-refractivity contribution in [2.45, 2.75) is 30.8 Å². The molecule has 1 rings (SSSR count). The van der Waals surface area contributed by atoms with Gasteiger partial charge in [-0.2, -0.15) is 0 Å². The standard InChI is InChI=1S/C14H22O3S/c1-3-4-9-17-10-12(15)11-18-14-7-5-13(16-2)6-8-14/h5-8,12,15H,3-4,9-11H2,1-2H3. The molecule has 4 heteroatoms. The number of hydrogen-bond donors (Lipinski definition) is 1. The smallest absolute Gasteiger partial charge is 0.118 e. The maximum absolute atomic E-state index is 9.74. The number of aliphatic hydroxyl groups is 1. The van der Waals surface area contributed by atoms with Crippen LogP contribution in [0.5, 0.6) is 5.75 Å². The first-order chi connectivity index (χ1) is 8.76. The summed E-state index contributed by atoms with van der Waals surface area (Å²) in [6.45, 7) is 3.28. The summed E-state index contributed by atoms with van der Waals surface area (Å²) in [6.07, 6.45) is 1.77. The second-order valence-electron chi connectivity index (χ2n) is 4.07. The van der Waals surface area contributed by atoms with E-state index in [2.05, 4.69) is 6.92 Å². The molecule has 0 radical (unpaired) electrons. The highest BCUT2D eigenvalue weighted by Gasteiger charge is 2.05. The minimum absolute atomic E-state index is 0.408. The third-order valence-corrected chi connectivity index (χ3v) is 3.61. The van der Waals surface area contributed by atoms with E-state index < -0.39 is 6.10 Å². The average Bonchev–Trinajstić information content (AvgIpc) is 2.42. The van der Waals surface area contributed by atoms with Crippen LogP contribution in [0.4, 0.5) is 0 Å². The fourth-order valence-electron chi connectivity index (χ4n) is 1.38. The van der Waals surface area contributed by atoms with E-state index >= 15 is 0 Å². The third kappa shape index (κ3) is 6.28. The van der Waals surface area contributed by atoms with E-state index in [1.54, 1.807) is 18.9 Å². The number of ether oxygens (including phenoxy) is 2. The Bertz CT molecular complexity index is 313. The van der Waals surface area contributed by atoms with Crippen molar-refractivity contribution in [1.82, 2.24) is 0 Å². The highest BCUT2D eigenvalue weighted by molar-refractivity contribution is 7.99. The molecule has 0 fully saturated rings. The van der Waals surface area contributed by atoms with Crippen LogP contribution < -0.4 is 4.74 Å². The van der Waals surface area contributed by atoms with Crippen LogP contribution in [0.25, 0.3) is 0 Å². The van der Waals surface area contributed by atoms with Gasteiger partial charge in [0.25, 0.3) is 0 Å². The number of methoxy groups -OCH3 is 1. The van der Waals surface area contributed by atoms with Crippen LogP contribution in [0.2, 0.25) is 0 Å². The predicted octanol–water partition coefficient (Wildman–Crippen LogP) is 2.96. The third-order valence-electron chi connectivity index (χ3n) is 2.45. The molecule has 0 amide bonds. The van der Waals surface area contributed by atoms with Crippen LogP contribution in [0.15, 0.2) is 29.2 Å². The van der Waals surface area contributed by atoms with Gasteiger partial charge in [-0.05, 0) is 30.7 Å². The summed E-state index contributed by atoms with van der Waals surface area (Å²) in [5.74, 6) is 1.50. The Kier molecular flexibility index (Phi) is 7.89. The summed E-state index contributed by atoms with van der Waals surface area (Å²) in [4.78, 5) is 1.13. The largest absolute Gasteiger partial charge is 0.497 e. The van der Waals surface area contributed by atoms with Gasteiger partial charge in [0.15, 0.2) is 0 Å². The fraction of sp³-hybridized carbons (Fsp3) is 0.571. The van der Waals surface area contributed by atoms with E-state index in [1.807, 2.05) is 24.3 Å². The zero-order chi connectivity index (χ0) is 13.2. The molecule has 0 aliphatic carbocycles. The zero-order valence-corrected chi connectivity index (χ0v) is 11.9. The zero-order valence-electron chi connectivity index (χ0n) is 11.1. The molecule has 1 atom stereocenters. The summed E-state index contributed by atoms with van der Waals surface area (Å²) < 4.78 is 10.5. The van der Waals surface area contributed by atoms with Crippen LogP contribution in [0.3, 0.4) is 0 Å². The molecule has 1 unspecified atom stereocenters. The Hall–Kier alpha value is -0.710. The van der Waals surface area contributed by atoms with Crippen molar-refractivity contribution in [3.63, 3.8) is 0 Å². The summed E-state index contributed by atoms with van der Waals surface area (Å²) in [5.41, 5.74) is 0. The molecule has 0 aliphatic rings. The normalized spacial score (nSPS) is 12.4. The second kappa shape index (κ2) is 9.25. The Balaban J connectivity index is 2.18. The minimum Gasteiger partial charge on any atom is -0.497 e. The van der Waals surface area contributed by atoms with Crippen molar-refractivity contribution < 1.29 is 14.6 Å². The lowest BCUT2D eigenvalue weighted by atomic mass is 10.3. The molecular formula is C14H22O3S. The summed E-state index contributed by atoms with van der Waals surface area (Å²) in [7, 11) is 1.65. The van der Waals surface area contributed by atoms with Crippen LogP contribution in [0.1, 0.15) is 19.8 Å². The molecule has 0 spiro atoms. The minimum atomic E-state index is -0.408. The van der Waals surface area contributed by atoms with Gasteiger partial charge in [0.05, 0.1) is 19.8 Å². The summed E-state index contributed by atoms with van der Waals surface area (Å²) in [5, 5.41) is 9.74. The van der Waals surface area contributed by atoms with Crippen LogP contribution in [-0.2, 0) is 4.74 Å². The highest BCUT2D eigenvalue weighted by atomic mass is 32.2. The first-order valence-electron chi connectivity index (χ1n) is 6.29. The van der Waals surface area contributed by atoms with Gasteiger partial charge in [0.2, 0.25) is 0 Å². The summed E-state index contributed by atoms with van der Waals surface area (Å²) >= 11 is 1.63. The van der Waals surface area contributed by atoms with Gasteiger partial charge in [0.1, 0.15) is 5.75 Å². The fourth-order valence-corrected chi connectivity index (χ4v) is 2.19. The van der Waals surface area contributed by atoms with Gasteiger partial charge in [-0.15, -0.1) is 11.8 Å². The van der Waals surface area contributed by atoms with Crippen LogP contribution in [0, 0.1) is 0 Å². The van der Waals surface area contributed by atoms with Gasteiger partial charge >= 0.3 is 0 Å². The Morgan fingerprint density at radius 1 is 1.28 bits per heavy atom. The Morgan fingerprint density at radius 3 is 2.61 bits per heavy atom. The number of rotatable bonds is 9. The van der Waals surface area contributed by atoms with Crippen molar-refractivity contribution in [3.05, 3.63) is 24.3 Å². The average molecular weight is 270 g/mol. The van der Waals surface area contributed by atoms with Crippen LogP contribution >= 0.6 is 11.8 Å². The van der Waals surface area contributed by atoms with Crippen molar-refractivity contribution in [1.29, 1.82) is 0 Å².